The van der Waals surface area contributed by atoms with Crippen molar-refractivity contribution in [3.63, 3.8) is 0 Å². The second-order valence-corrected chi connectivity index (χ2v) is 7.29. The van der Waals surface area contributed by atoms with Crippen molar-refractivity contribution >= 4 is 45.1 Å². The van der Waals surface area contributed by atoms with Crippen LogP contribution in [0.3, 0.4) is 0 Å². The number of amides is 1. The van der Waals surface area contributed by atoms with Gasteiger partial charge >= 0.3 is 0 Å². The van der Waals surface area contributed by atoms with Gasteiger partial charge in [0.05, 0.1) is 17.9 Å². The highest BCUT2D eigenvalue weighted by Crippen LogP contribution is 2.27. The molecule has 5 nitrogen and oxygen atoms in total. The van der Waals surface area contributed by atoms with Gasteiger partial charge in [0.1, 0.15) is 11.3 Å². The van der Waals surface area contributed by atoms with Crippen LogP contribution in [0.2, 0.25) is 5.02 Å². The van der Waals surface area contributed by atoms with Crippen molar-refractivity contribution in [3.8, 4) is 5.75 Å². The van der Waals surface area contributed by atoms with Crippen LogP contribution in [-0.2, 0) is 16.1 Å². The number of hydrogen-bond donors (Lipinski definition) is 0. The monoisotopic (exact) mass is 416 g/mol. The number of fused-ring (bicyclic) bond motifs is 1. The smallest absolute Gasteiger partial charge is 0.272 e. The first-order chi connectivity index (χ1) is 13.6. The van der Waals surface area contributed by atoms with E-state index in [0.29, 0.717) is 29.6 Å². The van der Waals surface area contributed by atoms with Gasteiger partial charge < -0.3 is 14.0 Å². The summed E-state index contributed by atoms with van der Waals surface area (Å²) in [5, 5.41) is 0.588. The van der Waals surface area contributed by atoms with E-state index in [0.717, 1.165) is 21.5 Å². The average Bonchev–Trinajstić information content (AvgIpc) is 3.04. The normalized spacial score (nSPS) is 12.2. The first-order valence-electron chi connectivity index (χ1n) is 8.89. The summed E-state index contributed by atoms with van der Waals surface area (Å²) in [6, 6.07) is 13.2. The van der Waals surface area contributed by atoms with Gasteiger partial charge in [0.15, 0.2) is 4.80 Å². The Morgan fingerprint density at radius 2 is 2.07 bits per heavy atom. The molecule has 1 aromatic heterocycles. The van der Waals surface area contributed by atoms with Crippen molar-refractivity contribution in [2.75, 3.05) is 20.3 Å². The molecule has 28 heavy (non-hydrogen) atoms. The maximum Gasteiger partial charge on any atom is 0.272 e. The Hall–Kier alpha value is -2.41. The van der Waals surface area contributed by atoms with Crippen LogP contribution in [0.25, 0.3) is 16.3 Å². The topological polar surface area (TPSA) is 52.8 Å². The number of benzene rings is 2. The van der Waals surface area contributed by atoms with E-state index in [2.05, 4.69) is 4.99 Å². The minimum Gasteiger partial charge on any atom is -0.492 e. The Labute approximate surface area is 172 Å². The number of methoxy groups -OCH3 is 1. The van der Waals surface area contributed by atoms with Crippen LogP contribution in [0.5, 0.6) is 5.75 Å². The second-order valence-electron chi connectivity index (χ2n) is 5.87. The van der Waals surface area contributed by atoms with E-state index in [1.807, 2.05) is 47.9 Å². The molecule has 1 heterocycles. The molecular weight excluding hydrogens is 396 g/mol. The third kappa shape index (κ3) is 4.70. The van der Waals surface area contributed by atoms with Crippen LogP contribution < -0.4 is 9.54 Å². The lowest BCUT2D eigenvalue weighted by molar-refractivity contribution is -0.113. The van der Waals surface area contributed by atoms with Gasteiger partial charge in [-0.25, -0.2) is 0 Å². The predicted octanol–water partition coefficient (Wildman–Crippen LogP) is 4.54. The fourth-order valence-corrected chi connectivity index (χ4v) is 4.03. The average molecular weight is 417 g/mol. The van der Waals surface area contributed by atoms with Crippen LogP contribution in [0.15, 0.2) is 53.5 Å². The molecule has 0 bridgehead atoms. The minimum atomic E-state index is -0.351. The number of hydrogen-bond acceptors (Lipinski definition) is 4. The number of aromatic nitrogens is 1. The van der Waals surface area contributed by atoms with E-state index >= 15 is 0 Å². The van der Waals surface area contributed by atoms with E-state index in [-0.39, 0.29) is 5.91 Å². The van der Waals surface area contributed by atoms with Crippen molar-refractivity contribution in [1.29, 1.82) is 0 Å². The molecule has 0 unspecified atom stereocenters. The molecule has 3 rings (SSSR count). The van der Waals surface area contributed by atoms with E-state index in [4.69, 9.17) is 21.1 Å². The molecule has 0 N–H and O–H groups in total. The Morgan fingerprint density at radius 1 is 1.25 bits per heavy atom. The molecule has 0 spiro atoms. The largest absolute Gasteiger partial charge is 0.492 e. The van der Waals surface area contributed by atoms with Crippen LogP contribution in [0, 0.1) is 0 Å². The zero-order valence-corrected chi connectivity index (χ0v) is 17.3. The molecular formula is C21H21ClN2O3S. The van der Waals surface area contributed by atoms with Crippen molar-refractivity contribution in [1.82, 2.24) is 4.57 Å². The Balaban J connectivity index is 2.02. The fourth-order valence-electron chi connectivity index (χ4n) is 2.75. The van der Waals surface area contributed by atoms with E-state index in [9.17, 15) is 4.79 Å². The molecule has 0 radical (unpaired) electrons. The Bertz CT molecular complexity index is 1070. The maximum absolute atomic E-state index is 12.4. The highest BCUT2D eigenvalue weighted by molar-refractivity contribution is 7.16. The lowest BCUT2D eigenvalue weighted by atomic mass is 10.2. The third-order valence-electron chi connectivity index (χ3n) is 4.00. The third-order valence-corrected chi connectivity index (χ3v) is 5.39. The molecule has 0 saturated heterocycles. The van der Waals surface area contributed by atoms with Gasteiger partial charge in [0.2, 0.25) is 0 Å². The summed E-state index contributed by atoms with van der Waals surface area (Å²) in [5.74, 6) is 0.420. The van der Waals surface area contributed by atoms with Crippen LogP contribution in [-0.4, -0.2) is 30.8 Å². The molecule has 0 aliphatic carbocycles. The molecule has 146 valence electrons. The summed E-state index contributed by atoms with van der Waals surface area (Å²) >= 11 is 7.58. The molecule has 1 amide bonds. The van der Waals surface area contributed by atoms with Gasteiger partial charge in [-0.15, -0.1) is 0 Å². The second kappa shape index (κ2) is 9.68. The van der Waals surface area contributed by atoms with Gasteiger partial charge in [0, 0.05) is 24.8 Å². The molecule has 7 heteroatoms. The van der Waals surface area contributed by atoms with Crippen molar-refractivity contribution in [2.24, 2.45) is 4.99 Å². The molecule has 2 aromatic carbocycles. The van der Waals surface area contributed by atoms with Crippen molar-refractivity contribution < 1.29 is 14.3 Å². The van der Waals surface area contributed by atoms with Crippen LogP contribution >= 0.6 is 22.9 Å². The molecule has 0 atom stereocenters. The van der Waals surface area contributed by atoms with Gasteiger partial charge in [-0.3, -0.25) is 4.79 Å². The zero-order valence-electron chi connectivity index (χ0n) is 15.7. The standard InChI is InChI=1S/C21H21ClN2O3S/c1-3-27-17-9-6-10-18-20(17)24(13-14-26-2)21(28-18)23-19(25)12-11-15-7-4-5-8-16(15)22/h4-12H,3,13-14H2,1-2H3/b12-11+,23-21?. The summed E-state index contributed by atoms with van der Waals surface area (Å²) in [6.45, 7) is 3.58. The number of carbonyl (C=O) groups is 1. The van der Waals surface area contributed by atoms with Gasteiger partial charge in [-0.05, 0) is 36.8 Å². The maximum atomic E-state index is 12.4. The lowest BCUT2D eigenvalue weighted by Crippen LogP contribution is -2.19. The molecule has 3 aromatic rings. The summed E-state index contributed by atoms with van der Waals surface area (Å²) in [6.07, 6.45) is 3.10. The Kier molecular flexibility index (Phi) is 7.03. The van der Waals surface area contributed by atoms with E-state index < -0.39 is 0 Å². The van der Waals surface area contributed by atoms with E-state index in [1.165, 1.54) is 17.4 Å². The number of halogens is 1. The number of para-hydroxylation sites is 1. The van der Waals surface area contributed by atoms with Gasteiger partial charge in [-0.2, -0.15) is 4.99 Å². The number of thiazole rings is 1. The Morgan fingerprint density at radius 3 is 2.82 bits per heavy atom. The predicted molar refractivity (Wildman–Crippen MR) is 114 cm³/mol. The van der Waals surface area contributed by atoms with Crippen molar-refractivity contribution in [2.45, 2.75) is 13.5 Å². The summed E-state index contributed by atoms with van der Waals surface area (Å²) in [4.78, 5) is 17.3. The molecule has 0 aliphatic heterocycles. The number of rotatable bonds is 7. The number of nitrogens with zero attached hydrogens (tertiary/aromatic N) is 2. The van der Waals surface area contributed by atoms with E-state index in [1.54, 1.807) is 19.3 Å². The first kappa shape index (κ1) is 20.3. The van der Waals surface area contributed by atoms with Crippen LogP contribution in [0.4, 0.5) is 0 Å². The fraction of sp³-hybridized carbons (Fsp3) is 0.238. The summed E-state index contributed by atoms with van der Waals surface area (Å²) in [7, 11) is 1.65. The highest BCUT2D eigenvalue weighted by atomic mass is 35.5. The van der Waals surface area contributed by atoms with Crippen molar-refractivity contribution in [3.05, 3.63) is 63.9 Å². The number of carbonyl (C=O) groups excluding carboxylic acids is 1. The SMILES string of the molecule is CCOc1cccc2sc(=NC(=O)/C=C/c3ccccc3Cl)n(CCOC)c12. The minimum absolute atomic E-state index is 0.351. The number of ether oxygens (including phenoxy) is 2. The van der Waals surface area contributed by atoms with Crippen LogP contribution in [0.1, 0.15) is 12.5 Å². The lowest BCUT2D eigenvalue weighted by Gasteiger charge is -2.09. The van der Waals surface area contributed by atoms with Gasteiger partial charge in [0.25, 0.3) is 5.91 Å². The summed E-state index contributed by atoms with van der Waals surface area (Å²) in [5.41, 5.74) is 1.70. The first-order valence-corrected chi connectivity index (χ1v) is 10.1. The highest BCUT2D eigenvalue weighted by Gasteiger charge is 2.12. The summed E-state index contributed by atoms with van der Waals surface area (Å²) < 4.78 is 14.0. The molecule has 0 aliphatic rings. The molecule has 0 fully saturated rings. The zero-order chi connectivity index (χ0) is 19.9. The molecule has 0 saturated carbocycles. The van der Waals surface area contributed by atoms with Gasteiger partial charge in [-0.1, -0.05) is 47.2 Å². The quantitative estimate of drug-likeness (QED) is 0.531.